The van der Waals surface area contributed by atoms with Crippen LogP contribution in [0.4, 0.5) is 0 Å². The second kappa shape index (κ2) is 5.13. The smallest absolute Gasteiger partial charge is 0.248 e. The summed E-state index contributed by atoms with van der Waals surface area (Å²) in [6, 6.07) is 11.7. The Morgan fingerprint density at radius 3 is 2.60 bits per heavy atom. The Kier molecular flexibility index (Phi) is 3.16. The molecule has 5 heteroatoms. The van der Waals surface area contributed by atoms with Gasteiger partial charge in [0.05, 0.1) is 11.4 Å². The monoisotopic (exact) mass is 266 g/mol. The lowest BCUT2D eigenvalue weighted by Crippen LogP contribution is -1.92. The predicted molar refractivity (Wildman–Crippen MR) is 76.6 cm³/mol. The van der Waals surface area contributed by atoms with E-state index in [1.165, 1.54) is 0 Å². The van der Waals surface area contributed by atoms with Crippen molar-refractivity contribution in [2.45, 2.75) is 6.92 Å². The van der Waals surface area contributed by atoms with E-state index in [1.807, 2.05) is 56.4 Å². The van der Waals surface area contributed by atoms with E-state index in [9.17, 15) is 0 Å². The van der Waals surface area contributed by atoms with Crippen LogP contribution in [0.5, 0.6) is 0 Å². The van der Waals surface area contributed by atoms with Crippen LogP contribution in [-0.2, 0) is 7.05 Å². The Balaban J connectivity index is 1.83. The first kappa shape index (κ1) is 12.3. The molecule has 0 aliphatic carbocycles. The Morgan fingerprint density at radius 1 is 1.10 bits per heavy atom. The zero-order valence-electron chi connectivity index (χ0n) is 11.3. The summed E-state index contributed by atoms with van der Waals surface area (Å²) >= 11 is 0. The highest BCUT2D eigenvalue weighted by Gasteiger charge is 2.05. The van der Waals surface area contributed by atoms with Crippen LogP contribution in [0.15, 0.2) is 40.8 Å². The maximum absolute atomic E-state index is 5.60. The third kappa shape index (κ3) is 2.51. The number of aromatic nitrogens is 4. The first-order valence-electron chi connectivity index (χ1n) is 6.30. The molecule has 0 spiro atoms. The van der Waals surface area contributed by atoms with Gasteiger partial charge in [-0.05, 0) is 31.2 Å². The molecule has 3 rings (SSSR count). The van der Waals surface area contributed by atoms with E-state index >= 15 is 0 Å². The van der Waals surface area contributed by atoms with Crippen molar-refractivity contribution in [3.63, 3.8) is 0 Å². The summed E-state index contributed by atoms with van der Waals surface area (Å²) in [5, 5.41) is 12.3. The number of hydrogen-bond acceptors (Lipinski definition) is 4. The maximum atomic E-state index is 5.60. The molecule has 0 fully saturated rings. The highest BCUT2D eigenvalue weighted by molar-refractivity contribution is 5.65. The van der Waals surface area contributed by atoms with Gasteiger partial charge in [0.2, 0.25) is 11.8 Å². The molecule has 0 amide bonds. The van der Waals surface area contributed by atoms with Gasteiger partial charge in [0.15, 0.2) is 0 Å². The molecule has 20 heavy (non-hydrogen) atoms. The number of hydrogen-bond donors (Lipinski definition) is 0. The molecule has 0 unspecified atom stereocenters. The van der Waals surface area contributed by atoms with E-state index < -0.39 is 0 Å². The van der Waals surface area contributed by atoms with Crippen molar-refractivity contribution in [1.29, 1.82) is 0 Å². The van der Waals surface area contributed by atoms with Gasteiger partial charge < -0.3 is 4.42 Å². The van der Waals surface area contributed by atoms with E-state index in [-0.39, 0.29) is 0 Å². The number of benzene rings is 1. The van der Waals surface area contributed by atoms with Gasteiger partial charge in [0.25, 0.3) is 0 Å². The highest BCUT2D eigenvalue weighted by Crippen LogP contribution is 2.18. The molecule has 0 saturated carbocycles. The molecule has 0 aliphatic heterocycles. The second-order valence-corrected chi connectivity index (χ2v) is 4.48. The third-order valence-electron chi connectivity index (χ3n) is 2.90. The molecule has 0 N–H and O–H groups in total. The van der Waals surface area contributed by atoms with E-state index in [1.54, 1.807) is 10.8 Å². The molecule has 0 aliphatic rings. The second-order valence-electron chi connectivity index (χ2n) is 4.48. The molecule has 2 heterocycles. The summed E-state index contributed by atoms with van der Waals surface area (Å²) in [5.74, 6) is 0.995. The van der Waals surface area contributed by atoms with Crippen molar-refractivity contribution in [3.05, 3.63) is 53.7 Å². The molecular weight excluding hydrogens is 252 g/mol. The molecule has 0 saturated heterocycles. The van der Waals surface area contributed by atoms with Gasteiger partial charge in [0, 0.05) is 18.7 Å². The van der Waals surface area contributed by atoms with Gasteiger partial charge in [-0.3, -0.25) is 4.68 Å². The zero-order chi connectivity index (χ0) is 13.9. The Labute approximate surface area is 116 Å². The lowest BCUT2D eigenvalue weighted by molar-refractivity contribution is 0.558. The number of aryl methyl sites for hydroxylation is 2. The van der Waals surface area contributed by atoms with Gasteiger partial charge >= 0.3 is 0 Å². The fourth-order valence-corrected chi connectivity index (χ4v) is 1.94. The summed E-state index contributed by atoms with van der Waals surface area (Å²) in [5.41, 5.74) is 2.88. The Hall–Kier alpha value is -2.69. The van der Waals surface area contributed by atoms with Crippen LogP contribution in [0, 0.1) is 6.92 Å². The molecule has 5 nitrogen and oxygen atoms in total. The summed E-state index contributed by atoms with van der Waals surface area (Å²) in [4.78, 5) is 0. The van der Waals surface area contributed by atoms with Crippen LogP contribution in [0.1, 0.15) is 17.3 Å². The average Bonchev–Trinajstić information content (AvgIpc) is 3.04. The van der Waals surface area contributed by atoms with Crippen molar-refractivity contribution < 1.29 is 4.42 Å². The normalized spacial score (nSPS) is 11.3. The van der Waals surface area contributed by atoms with Gasteiger partial charge in [0.1, 0.15) is 0 Å². The van der Waals surface area contributed by atoms with Gasteiger partial charge in [-0.15, -0.1) is 10.2 Å². The van der Waals surface area contributed by atoms with Crippen molar-refractivity contribution in [2.24, 2.45) is 7.05 Å². The van der Waals surface area contributed by atoms with Crippen LogP contribution >= 0.6 is 0 Å². The summed E-state index contributed by atoms with van der Waals surface area (Å²) in [6.07, 6.45) is 3.69. The van der Waals surface area contributed by atoms with Gasteiger partial charge in [-0.25, -0.2) is 0 Å². The highest BCUT2D eigenvalue weighted by atomic mass is 16.4. The predicted octanol–water partition coefficient (Wildman–Crippen LogP) is 2.95. The third-order valence-corrected chi connectivity index (χ3v) is 2.90. The number of rotatable bonds is 3. The van der Waals surface area contributed by atoms with Crippen LogP contribution in [0.3, 0.4) is 0 Å². The van der Waals surface area contributed by atoms with Gasteiger partial charge in [-0.1, -0.05) is 18.2 Å². The summed E-state index contributed by atoms with van der Waals surface area (Å²) in [7, 11) is 1.90. The van der Waals surface area contributed by atoms with E-state index in [0.717, 1.165) is 17.0 Å². The quantitative estimate of drug-likeness (QED) is 0.731. The first-order valence-corrected chi connectivity index (χ1v) is 6.30. The fraction of sp³-hybridized carbons (Fsp3) is 0.133. The van der Waals surface area contributed by atoms with Crippen molar-refractivity contribution in [2.75, 3.05) is 0 Å². The largest absolute Gasteiger partial charge is 0.417 e. The molecular formula is C15H14N4O. The standard InChI is InChI=1S/C15H14N4O/c1-11-10-13(19(2)18-11)8-9-14-16-17-15(20-14)12-6-4-3-5-7-12/h3-10H,1-2H3. The van der Waals surface area contributed by atoms with Crippen LogP contribution in [0.2, 0.25) is 0 Å². The number of nitrogens with zero attached hydrogens (tertiary/aromatic N) is 4. The summed E-state index contributed by atoms with van der Waals surface area (Å²) < 4.78 is 7.41. The lowest BCUT2D eigenvalue weighted by atomic mass is 10.2. The molecule has 0 bridgehead atoms. The minimum Gasteiger partial charge on any atom is -0.417 e. The van der Waals surface area contributed by atoms with Crippen molar-refractivity contribution in [1.82, 2.24) is 20.0 Å². The van der Waals surface area contributed by atoms with Crippen LogP contribution in [-0.4, -0.2) is 20.0 Å². The van der Waals surface area contributed by atoms with E-state index in [2.05, 4.69) is 15.3 Å². The lowest BCUT2D eigenvalue weighted by Gasteiger charge is -1.92. The van der Waals surface area contributed by atoms with E-state index in [0.29, 0.717) is 11.8 Å². The molecule has 3 aromatic rings. The molecule has 0 radical (unpaired) electrons. The minimum atomic E-state index is 0.475. The molecule has 1 aromatic carbocycles. The molecule has 2 aromatic heterocycles. The topological polar surface area (TPSA) is 56.7 Å². The Bertz CT molecular complexity index is 740. The Morgan fingerprint density at radius 2 is 1.90 bits per heavy atom. The maximum Gasteiger partial charge on any atom is 0.248 e. The fourth-order valence-electron chi connectivity index (χ4n) is 1.94. The van der Waals surface area contributed by atoms with Crippen molar-refractivity contribution >= 4 is 12.2 Å². The minimum absolute atomic E-state index is 0.475. The van der Waals surface area contributed by atoms with Crippen LogP contribution in [0.25, 0.3) is 23.6 Å². The van der Waals surface area contributed by atoms with Crippen molar-refractivity contribution in [3.8, 4) is 11.5 Å². The van der Waals surface area contributed by atoms with Crippen LogP contribution < -0.4 is 0 Å². The first-order chi connectivity index (χ1) is 9.72. The average molecular weight is 266 g/mol. The van der Waals surface area contributed by atoms with Gasteiger partial charge in [-0.2, -0.15) is 5.10 Å². The zero-order valence-corrected chi connectivity index (χ0v) is 11.3. The molecule has 100 valence electrons. The SMILES string of the molecule is Cc1cc(C=Cc2nnc(-c3ccccc3)o2)n(C)n1. The van der Waals surface area contributed by atoms with E-state index in [4.69, 9.17) is 4.42 Å². The summed E-state index contributed by atoms with van der Waals surface area (Å²) in [6.45, 7) is 1.96. The molecule has 0 atom stereocenters.